The predicted molar refractivity (Wildman–Crippen MR) is 160 cm³/mol. The van der Waals surface area contributed by atoms with Crippen LogP contribution in [0.25, 0.3) is 22.0 Å². The van der Waals surface area contributed by atoms with Crippen LogP contribution in [0.15, 0.2) is 36.9 Å². The number of aromatic nitrogens is 5. The van der Waals surface area contributed by atoms with Gasteiger partial charge in [-0.2, -0.15) is 13.2 Å². The lowest BCUT2D eigenvalue weighted by atomic mass is 10.0. The molecule has 0 aliphatic carbocycles. The molecule has 0 spiro atoms. The average molecular weight is 618 g/mol. The molecule has 4 aromatic rings. The van der Waals surface area contributed by atoms with Gasteiger partial charge in [0, 0.05) is 35.1 Å². The monoisotopic (exact) mass is 617 g/mol. The first-order chi connectivity index (χ1) is 21.2. The molecule has 1 fully saturated rings. The van der Waals surface area contributed by atoms with Gasteiger partial charge in [-0.1, -0.05) is 12.8 Å². The van der Waals surface area contributed by atoms with E-state index in [2.05, 4.69) is 31.2 Å². The van der Waals surface area contributed by atoms with Crippen molar-refractivity contribution in [2.75, 3.05) is 5.32 Å². The van der Waals surface area contributed by atoms with E-state index < -0.39 is 35.8 Å². The van der Waals surface area contributed by atoms with Gasteiger partial charge >= 0.3 is 6.18 Å². The van der Waals surface area contributed by atoms with Crippen molar-refractivity contribution < 1.29 is 27.6 Å². The third-order valence-corrected chi connectivity index (χ3v) is 7.98. The first kappa shape index (κ1) is 31.3. The molecule has 232 valence electrons. The largest absolute Gasteiger partial charge is 0.434 e. The Hall–Kier alpha value is -5.12. The van der Waals surface area contributed by atoms with E-state index in [9.17, 15) is 27.6 Å². The third kappa shape index (κ3) is 6.00. The van der Waals surface area contributed by atoms with E-state index in [1.807, 2.05) is 19.1 Å². The number of carbonyl (C=O) groups is 3. The fourth-order valence-electron chi connectivity index (χ4n) is 5.77. The zero-order valence-corrected chi connectivity index (χ0v) is 25.2. The number of benzene rings is 1. The van der Waals surface area contributed by atoms with Crippen molar-refractivity contribution in [3.63, 3.8) is 0 Å². The van der Waals surface area contributed by atoms with E-state index in [-0.39, 0.29) is 36.2 Å². The molecule has 45 heavy (non-hydrogen) atoms. The van der Waals surface area contributed by atoms with Crippen molar-refractivity contribution in [2.24, 2.45) is 5.92 Å². The molecule has 0 radical (unpaired) electrons. The minimum absolute atomic E-state index is 0.0800. The van der Waals surface area contributed by atoms with Crippen LogP contribution in [0.3, 0.4) is 0 Å². The summed E-state index contributed by atoms with van der Waals surface area (Å²) in [5, 5.41) is 3.07. The zero-order valence-electron chi connectivity index (χ0n) is 25.2. The zero-order chi connectivity index (χ0) is 32.8. The number of ketones is 1. The van der Waals surface area contributed by atoms with Crippen molar-refractivity contribution in [1.29, 1.82) is 0 Å². The molecule has 3 atom stereocenters. The van der Waals surface area contributed by atoms with Crippen LogP contribution in [-0.4, -0.2) is 59.1 Å². The number of nitrogens with one attached hydrogen (secondary N) is 1. The van der Waals surface area contributed by atoms with E-state index in [1.54, 1.807) is 37.0 Å². The van der Waals surface area contributed by atoms with Gasteiger partial charge in [-0.25, -0.2) is 15.0 Å². The number of carbonyl (C=O) groups excluding carboxylic acids is 3. The number of hydrogen-bond donors (Lipinski definition) is 1. The molecule has 10 nitrogen and oxygen atoms in total. The van der Waals surface area contributed by atoms with Gasteiger partial charge < -0.3 is 14.8 Å². The molecular formula is C32H30F3N7O3. The van der Waals surface area contributed by atoms with E-state index in [1.165, 1.54) is 18.7 Å². The Labute approximate surface area is 257 Å². The molecule has 1 saturated heterocycles. The van der Waals surface area contributed by atoms with Crippen molar-refractivity contribution in [1.82, 2.24) is 29.4 Å². The Morgan fingerprint density at radius 3 is 2.38 bits per heavy atom. The second kappa shape index (κ2) is 11.8. The fraction of sp³-hybridized carbons (Fsp3) is 0.344. The molecule has 0 unspecified atom stereocenters. The summed E-state index contributed by atoms with van der Waals surface area (Å²) in [6.45, 7) is 8.05. The number of likely N-dealkylation sites (tertiary alicyclic amines) is 1. The van der Waals surface area contributed by atoms with Crippen molar-refractivity contribution in [3.8, 4) is 23.5 Å². The van der Waals surface area contributed by atoms with Crippen LogP contribution in [0.5, 0.6) is 0 Å². The highest BCUT2D eigenvalue weighted by atomic mass is 19.4. The Kier molecular flexibility index (Phi) is 8.18. The number of Topliss-reactive ketones (excluding diaryl/α,β-unsaturated/α-hetero) is 1. The lowest BCUT2D eigenvalue weighted by Gasteiger charge is -2.28. The number of amides is 2. The first-order valence-corrected chi connectivity index (χ1v) is 14.1. The number of rotatable bonds is 6. The van der Waals surface area contributed by atoms with Crippen LogP contribution in [-0.2, 0) is 22.3 Å². The van der Waals surface area contributed by atoms with Gasteiger partial charge in [0.2, 0.25) is 11.8 Å². The quantitative estimate of drug-likeness (QED) is 0.241. The minimum atomic E-state index is -4.76. The normalized spacial score (nSPS) is 18.2. The van der Waals surface area contributed by atoms with Crippen molar-refractivity contribution in [3.05, 3.63) is 65.3 Å². The van der Waals surface area contributed by atoms with Gasteiger partial charge in [0.05, 0.1) is 23.4 Å². The summed E-state index contributed by atoms with van der Waals surface area (Å²) >= 11 is 0. The topological polar surface area (TPSA) is 123 Å². The highest BCUT2D eigenvalue weighted by Gasteiger charge is 2.45. The van der Waals surface area contributed by atoms with Gasteiger partial charge in [0.15, 0.2) is 17.3 Å². The highest BCUT2D eigenvalue weighted by molar-refractivity contribution is 6.09. The smallest absolute Gasteiger partial charge is 0.337 e. The number of halogens is 3. The average Bonchev–Trinajstić information content (AvgIpc) is 3.51. The number of alkyl halides is 3. The van der Waals surface area contributed by atoms with Crippen LogP contribution in [0, 0.1) is 39.0 Å². The molecule has 1 N–H and O–H groups in total. The molecule has 1 aromatic carbocycles. The Morgan fingerprint density at radius 2 is 1.76 bits per heavy atom. The molecule has 0 bridgehead atoms. The van der Waals surface area contributed by atoms with Crippen molar-refractivity contribution in [2.45, 2.75) is 65.8 Å². The predicted octanol–water partition coefficient (Wildman–Crippen LogP) is 4.91. The number of hydrogen-bond acceptors (Lipinski definition) is 7. The fourth-order valence-corrected chi connectivity index (χ4v) is 5.77. The molecule has 13 heteroatoms. The first-order valence-electron chi connectivity index (χ1n) is 14.1. The van der Waals surface area contributed by atoms with Gasteiger partial charge in [-0.15, -0.1) is 6.42 Å². The standard InChI is InChI=1S/C32H30F3N7O3/c1-7-25-16(2)9-26(31(45)40-30-18(4)36-13-27(39-30)32(33,34)35)42(25)28(44)15-41-14-24(19(5)43)23-10-21(8-17(3)29(23)41)22-11-37-20(6)38-12-22/h1,8,10-14,16,25-26H,9,15H2,2-6H3,(H,39,40,45)/t16-,25+,26-/m0/s1. The Morgan fingerprint density at radius 1 is 1.07 bits per heavy atom. The maximum Gasteiger partial charge on any atom is 0.434 e. The number of nitrogens with zero attached hydrogens (tertiary/aromatic N) is 6. The third-order valence-electron chi connectivity index (χ3n) is 7.98. The minimum Gasteiger partial charge on any atom is -0.337 e. The molecule has 0 saturated carbocycles. The maximum atomic E-state index is 14.0. The summed E-state index contributed by atoms with van der Waals surface area (Å²) in [7, 11) is 0. The van der Waals surface area contributed by atoms with E-state index >= 15 is 0 Å². The van der Waals surface area contributed by atoms with E-state index in [4.69, 9.17) is 6.42 Å². The number of anilines is 1. The molecule has 5 rings (SSSR count). The Balaban J connectivity index is 1.48. The lowest BCUT2D eigenvalue weighted by molar-refractivity contribution is -0.141. The number of terminal acetylenes is 1. The second-order valence-electron chi connectivity index (χ2n) is 11.3. The van der Waals surface area contributed by atoms with Crippen LogP contribution in [0.1, 0.15) is 53.4 Å². The van der Waals surface area contributed by atoms with Gasteiger partial charge in [0.25, 0.3) is 0 Å². The van der Waals surface area contributed by atoms with E-state index in [0.29, 0.717) is 28.5 Å². The molecule has 1 aliphatic rings. The summed E-state index contributed by atoms with van der Waals surface area (Å²) in [6, 6.07) is 1.95. The van der Waals surface area contributed by atoms with Gasteiger partial charge in [-0.3, -0.25) is 19.4 Å². The molecule has 4 heterocycles. The molecule has 2 amide bonds. The SMILES string of the molecule is C#C[C@@H]1[C@@H](C)C[C@@H](C(=O)Nc2nc(C(F)(F)F)cnc2C)N1C(=O)Cn1cc(C(C)=O)c2cc(-c3cnc(C)nc3)cc(C)c21. The maximum absolute atomic E-state index is 14.0. The van der Waals surface area contributed by atoms with Crippen LogP contribution >= 0.6 is 0 Å². The Bertz CT molecular complexity index is 1880. The number of fused-ring (bicyclic) bond motifs is 1. The molecule has 3 aromatic heterocycles. The molecule has 1 aliphatic heterocycles. The number of aryl methyl sites for hydroxylation is 3. The summed E-state index contributed by atoms with van der Waals surface area (Å²) in [4.78, 5) is 57.2. The second-order valence-corrected chi connectivity index (χ2v) is 11.3. The lowest BCUT2D eigenvalue weighted by Crippen LogP contribution is -2.48. The van der Waals surface area contributed by atoms with Crippen LogP contribution in [0.4, 0.5) is 19.0 Å². The highest BCUT2D eigenvalue weighted by Crippen LogP contribution is 2.34. The summed E-state index contributed by atoms with van der Waals surface area (Å²) < 4.78 is 41.4. The van der Waals surface area contributed by atoms with Gasteiger partial charge in [-0.05, 0) is 63.3 Å². The van der Waals surface area contributed by atoms with Crippen LogP contribution in [0.2, 0.25) is 0 Å². The van der Waals surface area contributed by atoms with Crippen molar-refractivity contribution >= 4 is 34.3 Å². The van der Waals surface area contributed by atoms with E-state index in [0.717, 1.165) is 16.7 Å². The molecular weight excluding hydrogens is 587 g/mol. The summed E-state index contributed by atoms with van der Waals surface area (Å²) in [5.41, 5.74) is 2.25. The van der Waals surface area contributed by atoms with Crippen LogP contribution < -0.4 is 5.32 Å². The van der Waals surface area contributed by atoms with Gasteiger partial charge in [0.1, 0.15) is 18.4 Å². The summed E-state index contributed by atoms with van der Waals surface area (Å²) in [6.07, 6.45) is 6.82. The summed E-state index contributed by atoms with van der Waals surface area (Å²) in [5.74, 6) is 1.16.